The van der Waals surface area contributed by atoms with Gasteiger partial charge in [0.15, 0.2) is 0 Å². The second-order valence-corrected chi connectivity index (χ2v) is 4.38. The Morgan fingerprint density at radius 3 is 2.56 bits per heavy atom. The number of esters is 1. The van der Waals surface area contributed by atoms with Gasteiger partial charge in [-0.25, -0.2) is 19.6 Å². The fourth-order valence-electron chi connectivity index (χ4n) is 1.03. The van der Waals surface area contributed by atoms with E-state index < -0.39 is 17.7 Å². The van der Waals surface area contributed by atoms with Gasteiger partial charge in [0.25, 0.3) is 0 Å². The third kappa shape index (κ3) is 4.36. The van der Waals surface area contributed by atoms with Crippen molar-refractivity contribution in [1.82, 2.24) is 9.97 Å². The van der Waals surface area contributed by atoms with Crippen LogP contribution in [0.1, 0.15) is 31.4 Å². The van der Waals surface area contributed by atoms with Crippen LogP contribution >= 0.6 is 0 Å². The second kappa shape index (κ2) is 5.44. The van der Waals surface area contributed by atoms with Crippen LogP contribution < -0.4 is 5.32 Å². The van der Waals surface area contributed by atoms with Gasteiger partial charge in [0.2, 0.25) is 5.82 Å². The summed E-state index contributed by atoms with van der Waals surface area (Å²) in [6.07, 6.45) is 0.684. The molecule has 1 aromatic heterocycles. The van der Waals surface area contributed by atoms with Crippen molar-refractivity contribution in [3.8, 4) is 0 Å². The Balaban J connectivity index is 2.74. The van der Waals surface area contributed by atoms with Crippen LogP contribution in [0.5, 0.6) is 0 Å². The lowest BCUT2D eigenvalue weighted by atomic mass is 10.2. The highest BCUT2D eigenvalue weighted by molar-refractivity contribution is 5.87. The highest BCUT2D eigenvalue weighted by Crippen LogP contribution is 2.09. The molecule has 0 aliphatic carbocycles. The molecule has 1 N–H and O–H groups in total. The molecule has 1 rings (SSSR count). The third-order valence-corrected chi connectivity index (χ3v) is 1.65. The maximum absolute atomic E-state index is 11.5. The Hall–Kier alpha value is -2.18. The van der Waals surface area contributed by atoms with E-state index in [0.29, 0.717) is 0 Å². The summed E-state index contributed by atoms with van der Waals surface area (Å²) in [5.41, 5.74) is -0.609. The lowest BCUT2D eigenvalue weighted by Gasteiger charge is -2.19. The fraction of sp³-hybridized carbons (Fsp3) is 0.455. The van der Waals surface area contributed by atoms with Gasteiger partial charge < -0.3 is 9.47 Å². The van der Waals surface area contributed by atoms with Crippen LogP contribution in [-0.4, -0.2) is 34.7 Å². The molecule has 0 bridgehead atoms. The van der Waals surface area contributed by atoms with Crippen LogP contribution in [0.2, 0.25) is 0 Å². The first-order chi connectivity index (χ1) is 8.31. The Labute approximate surface area is 105 Å². The number of ether oxygens (including phenoxy) is 2. The average molecular weight is 253 g/mol. The summed E-state index contributed by atoms with van der Waals surface area (Å²) < 4.78 is 9.51. The smallest absolute Gasteiger partial charge is 0.413 e. The zero-order valence-electron chi connectivity index (χ0n) is 10.7. The monoisotopic (exact) mass is 253 g/mol. The molecule has 7 nitrogen and oxygen atoms in total. The van der Waals surface area contributed by atoms with Crippen molar-refractivity contribution in [2.75, 3.05) is 12.4 Å². The normalized spacial score (nSPS) is 10.7. The largest absolute Gasteiger partial charge is 0.463 e. The highest BCUT2D eigenvalue weighted by Gasteiger charge is 2.17. The van der Waals surface area contributed by atoms with E-state index in [1.165, 1.54) is 19.4 Å². The topological polar surface area (TPSA) is 90.4 Å². The molecule has 0 saturated heterocycles. The van der Waals surface area contributed by atoms with E-state index in [-0.39, 0.29) is 11.6 Å². The number of carbonyl (C=O) groups is 2. The van der Waals surface area contributed by atoms with Crippen molar-refractivity contribution < 1.29 is 19.1 Å². The Kier molecular flexibility index (Phi) is 4.19. The molecule has 18 heavy (non-hydrogen) atoms. The first-order valence-corrected chi connectivity index (χ1v) is 5.23. The molecule has 0 aliphatic rings. The van der Waals surface area contributed by atoms with Crippen molar-refractivity contribution in [3.05, 3.63) is 18.1 Å². The molecule has 7 heteroatoms. The Morgan fingerprint density at radius 1 is 1.33 bits per heavy atom. The summed E-state index contributed by atoms with van der Waals surface area (Å²) in [7, 11) is 1.22. The van der Waals surface area contributed by atoms with E-state index in [2.05, 4.69) is 20.0 Å². The van der Waals surface area contributed by atoms with Crippen molar-refractivity contribution >= 4 is 17.9 Å². The van der Waals surface area contributed by atoms with E-state index in [1.807, 2.05) is 0 Å². The summed E-state index contributed by atoms with van der Waals surface area (Å²) in [6, 6.07) is 1.44. The van der Waals surface area contributed by atoms with Gasteiger partial charge in [-0.1, -0.05) is 0 Å². The van der Waals surface area contributed by atoms with Gasteiger partial charge in [0.05, 0.1) is 7.11 Å². The van der Waals surface area contributed by atoms with Gasteiger partial charge in [-0.05, 0) is 26.8 Å². The molecule has 0 aliphatic heterocycles. The van der Waals surface area contributed by atoms with Crippen LogP contribution in [0, 0.1) is 0 Å². The van der Waals surface area contributed by atoms with Gasteiger partial charge in [-0.3, -0.25) is 5.32 Å². The number of amides is 1. The predicted molar refractivity (Wildman–Crippen MR) is 63.2 cm³/mol. The van der Waals surface area contributed by atoms with E-state index in [4.69, 9.17) is 4.74 Å². The van der Waals surface area contributed by atoms with Crippen molar-refractivity contribution in [2.45, 2.75) is 26.4 Å². The van der Waals surface area contributed by atoms with Gasteiger partial charge in [-0.15, -0.1) is 0 Å². The van der Waals surface area contributed by atoms with Crippen molar-refractivity contribution in [1.29, 1.82) is 0 Å². The van der Waals surface area contributed by atoms with Crippen LogP contribution in [-0.2, 0) is 9.47 Å². The minimum Gasteiger partial charge on any atom is -0.463 e. The molecule has 0 atom stereocenters. The fourth-order valence-corrected chi connectivity index (χ4v) is 1.03. The second-order valence-electron chi connectivity index (χ2n) is 4.38. The van der Waals surface area contributed by atoms with Gasteiger partial charge in [-0.2, -0.15) is 0 Å². The van der Waals surface area contributed by atoms with Gasteiger partial charge in [0.1, 0.15) is 11.4 Å². The maximum Gasteiger partial charge on any atom is 0.413 e. The van der Waals surface area contributed by atoms with Crippen LogP contribution in [0.25, 0.3) is 0 Å². The molecule has 0 saturated carbocycles. The summed E-state index contributed by atoms with van der Waals surface area (Å²) in [5.74, 6) is -0.645. The number of anilines is 1. The number of nitrogens with one attached hydrogen (secondary N) is 1. The molecule has 0 fully saturated rings. The molecule has 1 amide bonds. The number of aromatic nitrogens is 2. The molecule has 0 radical (unpaired) electrons. The van der Waals surface area contributed by atoms with Crippen LogP contribution in [0.15, 0.2) is 12.3 Å². The number of hydrogen-bond acceptors (Lipinski definition) is 6. The summed E-state index contributed by atoms with van der Waals surface area (Å²) in [6.45, 7) is 5.23. The molecule has 0 spiro atoms. The Bertz CT molecular complexity index is 454. The van der Waals surface area contributed by atoms with Crippen molar-refractivity contribution in [3.63, 3.8) is 0 Å². The third-order valence-electron chi connectivity index (χ3n) is 1.65. The van der Waals surface area contributed by atoms with Crippen molar-refractivity contribution in [2.24, 2.45) is 0 Å². The summed E-state index contributed by atoms with van der Waals surface area (Å²) in [5, 5.41) is 2.40. The van der Waals surface area contributed by atoms with E-state index in [9.17, 15) is 9.59 Å². The van der Waals surface area contributed by atoms with E-state index in [0.717, 1.165) is 0 Å². The van der Waals surface area contributed by atoms with Crippen LogP contribution in [0.4, 0.5) is 10.6 Å². The lowest BCUT2D eigenvalue weighted by molar-refractivity contribution is 0.0582. The standard InChI is InChI=1S/C11H15N3O4/c1-11(2,3)18-10(16)14-7-5-6-12-8(13-7)9(15)17-4/h5-6H,1-4H3,(H,12,13,14,16). The maximum atomic E-state index is 11.5. The number of methoxy groups -OCH3 is 1. The molecule has 0 aromatic carbocycles. The minimum absolute atomic E-state index is 0.133. The zero-order valence-corrected chi connectivity index (χ0v) is 10.7. The molecule has 1 heterocycles. The lowest BCUT2D eigenvalue weighted by Crippen LogP contribution is -2.27. The zero-order chi connectivity index (χ0) is 13.8. The van der Waals surface area contributed by atoms with E-state index in [1.54, 1.807) is 20.8 Å². The van der Waals surface area contributed by atoms with E-state index >= 15 is 0 Å². The first-order valence-electron chi connectivity index (χ1n) is 5.23. The quantitative estimate of drug-likeness (QED) is 0.805. The number of carbonyl (C=O) groups excluding carboxylic acids is 2. The van der Waals surface area contributed by atoms with Crippen LogP contribution in [0.3, 0.4) is 0 Å². The highest BCUT2D eigenvalue weighted by atomic mass is 16.6. The van der Waals surface area contributed by atoms with Gasteiger partial charge in [0, 0.05) is 6.20 Å². The first kappa shape index (κ1) is 13.9. The molecule has 0 unspecified atom stereocenters. The number of nitrogens with zero attached hydrogens (tertiary/aromatic N) is 2. The molecular weight excluding hydrogens is 238 g/mol. The number of rotatable bonds is 2. The van der Waals surface area contributed by atoms with Gasteiger partial charge >= 0.3 is 12.1 Å². The number of hydrogen-bond donors (Lipinski definition) is 1. The summed E-state index contributed by atoms with van der Waals surface area (Å²) in [4.78, 5) is 30.2. The Morgan fingerprint density at radius 2 is 2.00 bits per heavy atom. The minimum atomic E-state index is -0.678. The summed E-state index contributed by atoms with van der Waals surface area (Å²) >= 11 is 0. The molecule has 1 aromatic rings. The molecular formula is C11H15N3O4. The molecule has 98 valence electrons. The SMILES string of the molecule is COC(=O)c1nccc(NC(=O)OC(C)(C)C)n1. The predicted octanol–water partition coefficient (Wildman–Crippen LogP) is 1.61. The average Bonchev–Trinajstić information content (AvgIpc) is 2.25.